The van der Waals surface area contributed by atoms with Gasteiger partial charge in [-0.15, -0.1) is 0 Å². The van der Waals surface area contributed by atoms with Gasteiger partial charge in [-0.05, 0) is 189 Å². The molecule has 13 aromatic carbocycles. The third kappa shape index (κ3) is 25.9. The normalized spacial score (nSPS) is 12.6. The second kappa shape index (κ2) is 43.5. The number of aryl methyl sites for hydroxylation is 1. The molecule has 0 aliphatic carbocycles. The van der Waals surface area contributed by atoms with E-state index in [0.717, 1.165) is 47.9 Å². The Labute approximate surface area is 729 Å². The molecular weight excluding hydrogens is 1630 g/mol. The van der Waals surface area contributed by atoms with E-state index in [0.29, 0.717) is 70.6 Å². The summed E-state index contributed by atoms with van der Waals surface area (Å²) in [5.74, 6) is -0.477. The fourth-order valence-electron chi connectivity index (χ4n) is 13.8. The van der Waals surface area contributed by atoms with Crippen LogP contribution in [-0.2, 0) is 72.7 Å². The molecule has 0 bridgehead atoms. The van der Waals surface area contributed by atoms with Crippen LogP contribution in [-0.4, -0.2) is 101 Å². The largest absolute Gasteiger partial charge is 0.355 e. The minimum atomic E-state index is -3.84. The zero-order valence-electron chi connectivity index (χ0n) is 69.8. The first-order chi connectivity index (χ1) is 59.6. The smallest absolute Gasteiger partial charge is 0.264 e. The maximum atomic E-state index is 13.6. The fraction of sp³-hybridized carbons (Fsp3) is 0.180. The van der Waals surface area contributed by atoms with Crippen LogP contribution in [0.1, 0.15) is 121 Å². The second-order valence-corrected chi connectivity index (χ2v) is 38.0. The van der Waals surface area contributed by atoms with Crippen LogP contribution in [0.25, 0.3) is 0 Å². The van der Waals surface area contributed by atoms with E-state index < -0.39 is 45.6 Å². The van der Waals surface area contributed by atoms with Crippen molar-refractivity contribution in [2.75, 3.05) is 50.2 Å². The molecule has 0 saturated carbocycles. The van der Waals surface area contributed by atoms with Gasteiger partial charge in [-0.2, -0.15) is 0 Å². The fourth-order valence-corrected chi connectivity index (χ4v) is 19.1. The average molecular weight is 1740 g/mol. The highest BCUT2D eigenvalue weighted by molar-refractivity contribution is 7.93. The topological polar surface area (TPSA) is 257 Å². The van der Waals surface area contributed by atoms with E-state index in [9.17, 15) is 52.8 Å². The third-order valence-electron chi connectivity index (χ3n) is 20.1. The number of piperidine rings is 1. The minimum Gasteiger partial charge on any atom is -0.355 e. The van der Waals surface area contributed by atoms with E-state index in [1.807, 2.05) is 183 Å². The lowest BCUT2D eigenvalue weighted by Crippen LogP contribution is -2.40. The number of likely N-dealkylation sites (tertiary alicyclic amines) is 1. The number of amides is 4. The molecule has 0 aromatic heterocycles. The summed E-state index contributed by atoms with van der Waals surface area (Å²) in [5, 5.41) is 8.42. The van der Waals surface area contributed by atoms with Crippen LogP contribution >= 0.6 is 0 Å². The molecule has 1 aliphatic rings. The summed E-state index contributed by atoms with van der Waals surface area (Å²) in [6.45, 7) is 8.31. The third-order valence-corrected chi connectivity index (χ3v) is 26.6. The van der Waals surface area contributed by atoms with Gasteiger partial charge in [0.05, 0.1) is 69.9 Å². The summed E-state index contributed by atoms with van der Waals surface area (Å²) < 4.78 is 111. The van der Waals surface area contributed by atoms with Gasteiger partial charge in [-0.25, -0.2) is 33.7 Å². The lowest BCUT2D eigenvalue weighted by Gasteiger charge is -2.33. The molecule has 13 aromatic rings. The van der Waals surface area contributed by atoms with Gasteiger partial charge in [-0.1, -0.05) is 261 Å². The number of rotatable bonds is 28. The molecule has 4 amide bonds. The molecule has 0 spiro atoms. The summed E-state index contributed by atoms with van der Waals surface area (Å²) in [6, 6.07) is 110. The Kier molecular flexibility index (Phi) is 32.1. The predicted octanol–water partition coefficient (Wildman–Crippen LogP) is 18.2. The molecule has 24 heteroatoms. The zero-order valence-corrected chi connectivity index (χ0v) is 73.1. The highest BCUT2D eigenvalue weighted by Gasteiger charge is 2.32. The molecule has 1 saturated heterocycles. The van der Waals surface area contributed by atoms with Gasteiger partial charge in [0.2, 0.25) is 10.0 Å². The Morgan fingerprint density at radius 3 is 1.02 bits per heavy atom. The van der Waals surface area contributed by atoms with Gasteiger partial charge in [0.1, 0.15) is 0 Å². The number of hydrogen-bond donors (Lipinski definition) is 3. The Balaban J connectivity index is 0.000000162. The van der Waals surface area contributed by atoms with Crippen molar-refractivity contribution >= 4 is 86.5 Å². The number of sulfonamides is 4. The molecule has 124 heavy (non-hydrogen) atoms. The molecule has 1 heterocycles. The summed E-state index contributed by atoms with van der Waals surface area (Å²) in [7, 11) is -13.5. The maximum absolute atomic E-state index is 13.6. The molecule has 1 fully saturated rings. The Morgan fingerprint density at radius 2 is 0.669 bits per heavy atom. The van der Waals surface area contributed by atoms with Crippen LogP contribution in [0.3, 0.4) is 0 Å². The van der Waals surface area contributed by atoms with Crippen molar-refractivity contribution in [1.29, 1.82) is 0 Å². The second-order valence-electron chi connectivity index (χ2n) is 30.5. The first-order valence-electron chi connectivity index (χ1n) is 40.6. The minimum absolute atomic E-state index is 0.0550. The number of carbonyl (C=O) groups is 4. The summed E-state index contributed by atoms with van der Waals surface area (Å²) in [5.41, 5.74) is 9.06. The number of nitrogens with one attached hydrogen (secondary N) is 3. The molecule has 1 unspecified atom stereocenters. The summed E-state index contributed by atoms with van der Waals surface area (Å²) >= 11 is 0. The van der Waals surface area contributed by atoms with Crippen molar-refractivity contribution in [2.45, 2.75) is 98.8 Å². The number of anilines is 4. The summed E-state index contributed by atoms with van der Waals surface area (Å²) in [4.78, 5) is 53.3. The molecule has 1 aliphatic heterocycles. The van der Waals surface area contributed by atoms with Gasteiger partial charge >= 0.3 is 0 Å². The lowest BCUT2D eigenvalue weighted by atomic mass is 9.90. The van der Waals surface area contributed by atoms with Crippen LogP contribution < -0.4 is 33.2 Å². The van der Waals surface area contributed by atoms with E-state index in [-0.39, 0.29) is 64.5 Å². The van der Waals surface area contributed by atoms with E-state index >= 15 is 0 Å². The van der Waals surface area contributed by atoms with E-state index in [1.165, 1.54) is 41.7 Å². The molecule has 0 radical (unpaired) electrons. The monoisotopic (exact) mass is 1730 g/mol. The van der Waals surface area contributed by atoms with Gasteiger partial charge < -0.3 is 20.9 Å². The maximum Gasteiger partial charge on any atom is 0.264 e. The first-order valence-corrected chi connectivity index (χ1v) is 46.8. The van der Waals surface area contributed by atoms with Gasteiger partial charge in [-0.3, -0.25) is 36.4 Å². The molecule has 14 rings (SSSR count). The van der Waals surface area contributed by atoms with Crippen molar-refractivity contribution in [1.82, 2.24) is 20.9 Å². The number of benzene rings is 13. The van der Waals surface area contributed by atoms with Crippen molar-refractivity contribution in [3.63, 3.8) is 0 Å². The van der Waals surface area contributed by atoms with Crippen molar-refractivity contribution in [3.8, 4) is 0 Å². The Morgan fingerprint density at radius 1 is 0.363 bits per heavy atom. The van der Waals surface area contributed by atoms with E-state index in [4.69, 9.17) is 0 Å². The summed E-state index contributed by atoms with van der Waals surface area (Å²) in [6.07, 6.45) is 4.90. The Hall–Kier alpha value is -13.3. The van der Waals surface area contributed by atoms with Gasteiger partial charge in [0.25, 0.3) is 53.7 Å². The average Bonchev–Trinajstić information content (AvgIpc) is 0.806. The van der Waals surface area contributed by atoms with Crippen LogP contribution in [0.4, 0.5) is 22.7 Å². The Bertz CT molecular complexity index is 6140. The van der Waals surface area contributed by atoms with Crippen molar-refractivity contribution < 1.29 is 52.8 Å². The van der Waals surface area contributed by atoms with E-state index in [2.05, 4.69) is 40.2 Å². The van der Waals surface area contributed by atoms with Crippen LogP contribution in [0, 0.1) is 0 Å². The lowest BCUT2D eigenvalue weighted by molar-refractivity contribution is 0.0706. The quantitative estimate of drug-likeness (QED) is 0.0387. The van der Waals surface area contributed by atoms with Gasteiger partial charge in [0.15, 0.2) is 0 Å². The first kappa shape index (κ1) is 91.5. The molecular formula is C100H102N8O12S4. The number of hydrogen-bond acceptors (Lipinski definition) is 12. The number of carbonyl (C=O) groups excluding carboxylic acids is 4. The highest BCUT2D eigenvalue weighted by atomic mass is 32.2. The predicted molar refractivity (Wildman–Crippen MR) is 494 cm³/mol. The molecule has 20 nitrogen and oxygen atoms in total. The van der Waals surface area contributed by atoms with Crippen LogP contribution in [0.15, 0.2) is 385 Å². The van der Waals surface area contributed by atoms with Crippen LogP contribution in [0.5, 0.6) is 0 Å². The molecule has 3 N–H and O–H groups in total. The van der Waals surface area contributed by atoms with Crippen molar-refractivity contribution in [3.05, 3.63) is 426 Å². The standard InChI is InChI=1S/C29H28N2O3S.C26H28N2O3S.C24H26N2O3S.C21H20N2O3S/c32-29(30-21-11-16-24-12-4-1-5-13-24)26-17-10-18-27(22-26)31(23-25-14-6-2-7-15-25)35(33,34)28-19-8-3-9-20-28;1-32(30,31)28(19-21-10-4-2-5-11-21)25-16-8-14-23(18-25)26(29)27-17-9-15-24(20-27)22-12-6-3-7-13-22;1-24(2,3)25-23(27)20-13-10-14-21(17-20)26(18-19-11-6-4-7-12-19)30(28,29)22-15-8-5-9-16-22;1-22-21(24)18-11-8-12-19(15-18)23(16-17-9-4-2-5-10-17)27(25,26)20-13-6-3-7-14-20/h1-10,12-15,17-20,22H,11,16,21,23H2,(H,30,32);2-8,10-14,16,18,24H,9,15,17,19-20H2,1H3;4-17H,18H2,1-3H3,(H,25,27);2-15H,16H2,1H3,(H,22,24). The molecule has 1 atom stereocenters. The van der Waals surface area contributed by atoms with Gasteiger partial charge in [0, 0.05) is 60.4 Å². The van der Waals surface area contributed by atoms with Crippen LogP contribution in [0.2, 0.25) is 0 Å². The molecule has 638 valence electrons. The van der Waals surface area contributed by atoms with E-state index in [1.54, 1.807) is 188 Å². The highest BCUT2D eigenvalue weighted by Crippen LogP contribution is 2.33. The number of nitrogens with zero attached hydrogens (tertiary/aromatic N) is 5. The van der Waals surface area contributed by atoms with Crippen molar-refractivity contribution in [2.24, 2.45) is 0 Å². The SMILES string of the molecule is CC(C)(C)NC(=O)c1cccc(N(Cc2ccccc2)S(=O)(=O)c2ccccc2)c1.CNC(=O)c1cccc(N(Cc2ccccc2)S(=O)(=O)c2ccccc2)c1.CS(=O)(=O)N(Cc1ccccc1)c1cccc(C(=O)N2CCCC(c3ccccc3)C2)c1.O=C(NCCCc1ccccc1)c1cccc(N(Cc2ccccc2)S(=O)(=O)c2ccccc2)c1. The zero-order chi connectivity index (χ0) is 88.1.